The summed E-state index contributed by atoms with van der Waals surface area (Å²) in [6.45, 7) is 3.58. The van der Waals surface area contributed by atoms with E-state index in [9.17, 15) is 4.79 Å². The van der Waals surface area contributed by atoms with Crippen LogP contribution in [0.2, 0.25) is 0 Å². The van der Waals surface area contributed by atoms with Gasteiger partial charge in [0.25, 0.3) is 5.91 Å². The van der Waals surface area contributed by atoms with Gasteiger partial charge in [-0.25, -0.2) is 0 Å². The minimum atomic E-state index is -0.0592. The Kier molecular flexibility index (Phi) is 6.47. The highest BCUT2D eigenvalue weighted by atomic mass is 16.1. The summed E-state index contributed by atoms with van der Waals surface area (Å²) in [5.74, 6) is 1.37. The molecule has 0 aliphatic heterocycles. The lowest BCUT2D eigenvalue weighted by molar-refractivity contribution is 0.0963. The molecule has 0 bridgehead atoms. The molecule has 0 heterocycles. The molecule has 2 atom stereocenters. The van der Waals surface area contributed by atoms with Crippen LogP contribution in [-0.2, 0) is 6.42 Å². The highest BCUT2D eigenvalue weighted by Gasteiger charge is 2.38. The summed E-state index contributed by atoms with van der Waals surface area (Å²) >= 11 is 0. The number of nitrogens with one attached hydrogen (secondary N) is 3. The van der Waals surface area contributed by atoms with Crippen LogP contribution < -0.4 is 16.0 Å². The molecule has 2 aromatic rings. The van der Waals surface area contributed by atoms with E-state index in [1.807, 2.05) is 24.3 Å². The highest BCUT2D eigenvalue weighted by molar-refractivity contribution is 5.94. The zero-order valence-electron chi connectivity index (χ0n) is 16.0. The van der Waals surface area contributed by atoms with Crippen LogP contribution in [0.3, 0.4) is 0 Å². The molecule has 5 nitrogen and oxygen atoms in total. The van der Waals surface area contributed by atoms with Gasteiger partial charge < -0.3 is 16.0 Å². The summed E-state index contributed by atoms with van der Waals surface area (Å²) in [6, 6.07) is 18.8. The topological polar surface area (TPSA) is 65.5 Å². The van der Waals surface area contributed by atoms with Crippen LogP contribution in [0.4, 0.5) is 0 Å². The summed E-state index contributed by atoms with van der Waals surface area (Å²) in [4.78, 5) is 16.5. The lowest BCUT2D eigenvalue weighted by Gasteiger charge is -2.11. The average Bonchev–Trinajstić information content (AvgIpc) is 3.47. The highest BCUT2D eigenvalue weighted by Crippen LogP contribution is 2.40. The van der Waals surface area contributed by atoms with Crippen molar-refractivity contribution in [3.05, 3.63) is 71.3 Å². The third-order valence-electron chi connectivity index (χ3n) is 4.77. The number of hydrogen-bond acceptors (Lipinski definition) is 2. The van der Waals surface area contributed by atoms with Gasteiger partial charge in [-0.3, -0.25) is 9.79 Å². The Balaban J connectivity index is 1.55. The van der Waals surface area contributed by atoms with Crippen LogP contribution in [0.5, 0.6) is 0 Å². The van der Waals surface area contributed by atoms with Crippen LogP contribution >= 0.6 is 0 Å². The minimum Gasteiger partial charge on any atom is -0.357 e. The predicted octanol–water partition coefficient (Wildman–Crippen LogP) is 2.70. The number of guanidine groups is 1. The molecule has 0 spiro atoms. The number of nitrogens with zero attached hydrogens (tertiary/aromatic N) is 1. The smallest absolute Gasteiger partial charge is 0.251 e. The van der Waals surface area contributed by atoms with Gasteiger partial charge in [0, 0.05) is 37.7 Å². The molecule has 1 fully saturated rings. The first kappa shape index (κ1) is 19.0. The van der Waals surface area contributed by atoms with Gasteiger partial charge in [0.15, 0.2) is 5.96 Å². The van der Waals surface area contributed by atoms with E-state index in [0.29, 0.717) is 24.1 Å². The SMILES string of the molecule is CCNC(=NCCc1cccc(C(=O)NC)c1)NC1CC1c1ccccc1. The van der Waals surface area contributed by atoms with Crippen molar-refractivity contribution < 1.29 is 4.79 Å². The Labute approximate surface area is 161 Å². The fraction of sp³-hybridized carbons (Fsp3) is 0.364. The number of carbonyl (C=O) groups is 1. The van der Waals surface area contributed by atoms with Crippen molar-refractivity contribution in [3.8, 4) is 0 Å². The Morgan fingerprint density at radius 3 is 2.70 bits per heavy atom. The van der Waals surface area contributed by atoms with E-state index in [2.05, 4.69) is 53.2 Å². The third kappa shape index (κ3) is 5.33. The lowest BCUT2D eigenvalue weighted by Crippen LogP contribution is -2.39. The Morgan fingerprint density at radius 2 is 1.96 bits per heavy atom. The van der Waals surface area contributed by atoms with E-state index in [4.69, 9.17) is 4.99 Å². The van der Waals surface area contributed by atoms with Gasteiger partial charge in [-0.1, -0.05) is 42.5 Å². The molecule has 1 amide bonds. The number of benzene rings is 2. The molecule has 3 N–H and O–H groups in total. The predicted molar refractivity (Wildman–Crippen MR) is 110 cm³/mol. The summed E-state index contributed by atoms with van der Waals surface area (Å²) in [7, 11) is 1.65. The van der Waals surface area contributed by atoms with E-state index < -0.39 is 0 Å². The number of carbonyl (C=O) groups excluding carboxylic acids is 1. The molecular formula is C22H28N4O. The molecule has 27 heavy (non-hydrogen) atoms. The molecule has 2 unspecified atom stereocenters. The van der Waals surface area contributed by atoms with E-state index in [0.717, 1.165) is 30.9 Å². The van der Waals surface area contributed by atoms with Gasteiger partial charge in [-0.15, -0.1) is 0 Å². The molecule has 0 saturated heterocycles. The van der Waals surface area contributed by atoms with Crippen LogP contribution in [-0.4, -0.2) is 38.0 Å². The second kappa shape index (κ2) is 9.21. The third-order valence-corrected chi connectivity index (χ3v) is 4.77. The van der Waals surface area contributed by atoms with Gasteiger partial charge in [-0.2, -0.15) is 0 Å². The number of aliphatic imine (C=N–C) groups is 1. The van der Waals surface area contributed by atoms with Crippen molar-refractivity contribution in [2.24, 2.45) is 4.99 Å². The van der Waals surface area contributed by atoms with Crippen LogP contribution in [0.15, 0.2) is 59.6 Å². The van der Waals surface area contributed by atoms with Crippen LogP contribution in [0.1, 0.15) is 40.7 Å². The fourth-order valence-corrected chi connectivity index (χ4v) is 3.23. The first-order valence-corrected chi connectivity index (χ1v) is 9.62. The van der Waals surface area contributed by atoms with Crippen molar-refractivity contribution in [2.45, 2.75) is 31.7 Å². The second-order valence-corrected chi connectivity index (χ2v) is 6.79. The second-order valence-electron chi connectivity index (χ2n) is 6.79. The molecule has 0 aromatic heterocycles. The number of rotatable bonds is 7. The van der Waals surface area contributed by atoms with Gasteiger partial charge >= 0.3 is 0 Å². The Bertz CT molecular complexity index is 788. The molecule has 1 aliphatic rings. The van der Waals surface area contributed by atoms with Gasteiger partial charge in [-0.05, 0) is 43.0 Å². The van der Waals surface area contributed by atoms with Crippen LogP contribution in [0, 0.1) is 0 Å². The summed E-state index contributed by atoms with van der Waals surface area (Å²) in [6.07, 6.45) is 1.94. The Hall–Kier alpha value is -2.82. The normalized spacial score (nSPS) is 18.7. The molecule has 0 radical (unpaired) electrons. The molecule has 5 heteroatoms. The van der Waals surface area contributed by atoms with E-state index >= 15 is 0 Å². The quantitative estimate of drug-likeness (QED) is 0.523. The summed E-state index contributed by atoms with van der Waals surface area (Å²) in [5.41, 5.74) is 3.19. The van der Waals surface area contributed by atoms with Crippen molar-refractivity contribution >= 4 is 11.9 Å². The zero-order valence-corrected chi connectivity index (χ0v) is 16.0. The number of hydrogen-bond donors (Lipinski definition) is 3. The largest absolute Gasteiger partial charge is 0.357 e. The maximum atomic E-state index is 11.8. The van der Waals surface area contributed by atoms with Crippen LogP contribution in [0.25, 0.3) is 0 Å². The maximum Gasteiger partial charge on any atom is 0.251 e. The lowest BCUT2D eigenvalue weighted by atomic mass is 10.1. The standard InChI is InChI=1S/C22H28N4O/c1-3-24-22(26-20-15-19(20)17-9-5-4-6-10-17)25-13-12-16-8-7-11-18(14-16)21(27)23-2/h4-11,14,19-20H,3,12-13,15H2,1-2H3,(H,23,27)(H2,24,25,26). The Morgan fingerprint density at radius 1 is 1.15 bits per heavy atom. The molecule has 1 saturated carbocycles. The summed E-state index contributed by atoms with van der Waals surface area (Å²) < 4.78 is 0. The minimum absolute atomic E-state index is 0.0592. The first-order valence-electron chi connectivity index (χ1n) is 9.62. The van der Waals surface area contributed by atoms with E-state index in [-0.39, 0.29) is 5.91 Å². The van der Waals surface area contributed by atoms with Gasteiger partial charge in [0.05, 0.1) is 0 Å². The fourth-order valence-electron chi connectivity index (χ4n) is 3.23. The monoisotopic (exact) mass is 364 g/mol. The molecule has 3 rings (SSSR count). The molecular weight excluding hydrogens is 336 g/mol. The van der Waals surface area contributed by atoms with E-state index in [1.54, 1.807) is 7.05 Å². The average molecular weight is 364 g/mol. The molecule has 2 aromatic carbocycles. The van der Waals surface area contributed by atoms with Gasteiger partial charge in [0.2, 0.25) is 0 Å². The molecule has 142 valence electrons. The van der Waals surface area contributed by atoms with Crippen molar-refractivity contribution in [1.29, 1.82) is 0 Å². The first-order chi connectivity index (χ1) is 13.2. The summed E-state index contributed by atoms with van der Waals surface area (Å²) in [5, 5.41) is 9.53. The maximum absolute atomic E-state index is 11.8. The van der Waals surface area contributed by atoms with E-state index in [1.165, 1.54) is 5.56 Å². The molecule has 1 aliphatic carbocycles. The van der Waals surface area contributed by atoms with Crippen molar-refractivity contribution in [2.75, 3.05) is 20.1 Å². The zero-order chi connectivity index (χ0) is 19.1. The number of amides is 1. The van der Waals surface area contributed by atoms with Gasteiger partial charge in [0.1, 0.15) is 0 Å². The van der Waals surface area contributed by atoms with Crippen molar-refractivity contribution in [1.82, 2.24) is 16.0 Å². The van der Waals surface area contributed by atoms with Crippen molar-refractivity contribution in [3.63, 3.8) is 0 Å².